The van der Waals surface area contributed by atoms with E-state index in [2.05, 4.69) is 5.32 Å². The van der Waals surface area contributed by atoms with Gasteiger partial charge in [-0.1, -0.05) is 6.07 Å². The summed E-state index contributed by atoms with van der Waals surface area (Å²) in [6, 6.07) is 2.37. The van der Waals surface area contributed by atoms with E-state index >= 15 is 0 Å². The predicted molar refractivity (Wildman–Crippen MR) is 64.5 cm³/mol. The van der Waals surface area contributed by atoms with Gasteiger partial charge in [0.05, 0.1) is 6.42 Å². The zero-order chi connectivity index (χ0) is 13.5. The second-order valence-corrected chi connectivity index (χ2v) is 4.67. The number of carbonyl (C=O) groups is 3. The Morgan fingerprint density at radius 2 is 2.06 bits per heavy atom. The SMILES string of the molecule is O=C(O)C[C@@H](NC(=O)CCc1cccs1)C(=O)O. The zero-order valence-electron chi connectivity index (χ0n) is 9.46. The second-order valence-electron chi connectivity index (χ2n) is 3.64. The van der Waals surface area contributed by atoms with Crippen LogP contribution in [0.1, 0.15) is 17.7 Å². The Bertz CT molecular complexity index is 429. The van der Waals surface area contributed by atoms with Crippen molar-refractivity contribution in [3.05, 3.63) is 22.4 Å². The van der Waals surface area contributed by atoms with E-state index in [1.807, 2.05) is 17.5 Å². The number of carboxylic acid groups (broad SMARTS) is 2. The number of aryl methyl sites for hydroxylation is 1. The highest BCUT2D eigenvalue weighted by Gasteiger charge is 2.22. The van der Waals surface area contributed by atoms with Crippen molar-refractivity contribution >= 4 is 29.2 Å². The summed E-state index contributed by atoms with van der Waals surface area (Å²) in [7, 11) is 0. The van der Waals surface area contributed by atoms with Crippen LogP contribution in [-0.4, -0.2) is 34.1 Å². The minimum atomic E-state index is -1.38. The van der Waals surface area contributed by atoms with Crippen LogP contribution in [0.4, 0.5) is 0 Å². The molecule has 0 aliphatic heterocycles. The summed E-state index contributed by atoms with van der Waals surface area (Å²) in [5.41, 5.74) is 0. The molecule has 0 aliphatic rings. The number of rotatable bonds is 7. The summed E-state index contributed by atoms with van der Waals surface area (Å²) in [5.74, 6) is -3.07. The Morgan fingerprint density at radius 1 is 1.33 bits per heavy atom. The zero-order valence-corrected chi connectivity index (χ0v) is 10.3. The van der Waals surface area contributed by atoms with Crippen LogP contribution in [0.25, 0.3) is 0 Å². The van der Waals surface area contributed by atoms with Crippen molar-refractivity contribution in [3.8, 4) is 0 Å². The first-order valence-corrected chi connectivity index (χ1v) is 6.13. The third-order valence-electron chi connectivity index (χ3n) is 2.19. The molecule has 3 N–H and O–H groups in total. The average molecular weight is 271 g/mol. The van der Waals surface area contributed by atoms with Crippen LogP contribution < -0.4 is 5.32 Å². The third-order valence-corrected chi connectivity index (χ3v) is 3.13. The van der Waals surface area contributed by atoms with Gasteiger partial charge in [0.15, 0.2) is 0 Å². The van der Waals surface area contributed by atoms with Gasteiger partial charge in [0, 0.05) is 11.3 Å². The van der Waals surface area contributed by atoms with Gasteiger partial charge in [-0.2, -0.15) is 0 Å². The van der Waals surface area contributed by atoms with Crippen LogP contribution in [-0.2, 0) is 20.8 Å². The van der Waals surface area contributed by atoms with Crippen molar-refractivity contribution in [3.63, 3.8) is 0 Å². The van der Waals surface area contributed by atoms with Crippen molar-refractivity contribution in [1.29, 1.82) is 0 Å². The number of amides is 1. The Kier molecular flexibility index (Phi) is 5.31. The van der Waals surface area contributed by atoms with Gasteiger partial charge in [-0.15, -0.1) is 11.3 Å². The average Bonchev–Trinajstić information content (AvgIpc) is 2.77. The summed E-state index contributed by atoms with van der Waals surface area (Å²) >= 11 is 1.51. The Balaban J connectivity index is 2.41. The highest BCUT2D eigenvalue weighted by molar-refractivity contribution is 7.09. The van der Waals surface area contributed by atoms with Crippen molar-refractivity contribution < 1.29 is 24.6 Å². The van der Waals surface area contributed by atoms with Crippen molar-refractivity contribution in [2.45, 2.75) is 25.3 Å². The fraction of sp³-hybridized carbons (Fsp3) is 0.364. The summed E-state index contributed by atoms with van der Waals surface area (Å²) < 4.78 is 0. The van der Waals surface area contributed by atoms with E-state index in [-0.39, 0.29) is 6.42 Å². The lowest BCUT2D eigenvalue weighted by atomic mass is 10.2. The van der Waals surface area contributed by atoms with Gasteiger partial charge in [0.1, 0.15) is 6.04 Å². The number of hydrogen-bond acceptors (Lipinski definition) is 4. The first-order chi connectivity index (χ1) is 8.49. The Morgan fingerprint density at radius 3 is 2.56 bits per heavy atom. The molecule has 0 unspecified atom stereocenters. The molecule has 0 bridgehead atoms. The smallest absolute Gasteiger partial charge is 0.326 e. The molecular weight excluding hydrogens is 258 g/mol. The van der Waals surface area contributed by atoms with E-state index < -0.39 is 30.3 Å². The molecule has 1 atom stereocenters. The molecule has 0 aromatic carbocycles. The van der Waals surface area contributed by atoms with Gasteiger partial charge in [-0.05, 0) is 17.9 Å². The number of nitrogens with one attached hydrogen (secondary N) is 1. The molecule has 0 spiro atoms. The molecule has 0 saturated heterocycles. The lowest BCUT2D eigenvalue weighted by Gasteiger charge is -2.11. The van der Waals surface area contributed by atoms with E-state index in [0.29, 0.717) is 6.42 Å². The Labute approximate surface area is 107 Å². The van der Waals surface area contributed by atoms with Crippen molar-refractivity contribution in [2.75, 3.05) is 0 Å². The van der Waals surface area contributed by atoms with Gasteiger partial charge in [0.2, 0.25) is 5.91 Å². The molecule has 0 aliphatic carbocycles. The largest absolute Gasteiger partial charge is 0.481 e. The highest BCUT2D eigenvalue weighted by atomic mass is 32.1. The summed E-state index contributed by atoms with van der Waals surface area (Å²) in [4.78, 5) is 33.6. The Hall–Kier alpha value is -1.89. The lowest BCUT2D eigenvalue weighted by Crippen LogP contribution is -2.42. The standard InChI is InChI=1S/C11H13NO5S/c13-9(4-3-7-2-1-5-18-7)12-8(11(16)17)6-10(14)15/h1-2,5,8H,3-4,6H2,(H,12,13)(H,14,15)(H,16,17)/t8-/m1/s1. The van der Waals surface area contributed by atoms with Crippen LogP contribution in [0, 0.1) is 0 Å². The molecule has 18 heavy (non-hydrogen) atoms. The summed E-state index contributed by atoms with van der Waals surface area (Å²) in [5, 5.41) is 21.3. The molecular formula is C11H13NO5S. The van der Waals surface area contributed by atoms with Crippen LogP contribution in [0.3, 0.4) is 0 Å². The van der Waals surface area contributed by atoms with Crippen LogP contribution in [0.15, 0.2) is 17.5 Å². The summed E-state index contributed by atoms with van der Waals surface area (Å²) in [6.45, 7) is 0. The molecule has 7 heteroatoms. The van der Waals surface area contributed by atoms with E-state index in [4.69, 9.17) is 10.2 Å². The van der Waals surface area contributed by atoms with Crippen LogP contribution in [0.2, 0.25) is 0 Å². The molecule has 1 rings (SSSR count). The first-order valence-electron chi connectivity index (χ1n) is 5.25. The van der Waals surface area contributed by atoms with E-state index in [9.17, 15) is 14.4 Å². The quantitative estimate of drug-likeness (QED) is 0.678. The van der Waals surface area contributed by atoms with Crippen molar-refractivity contribution in [2.24, 2.45) is 0 Å². The normalized spacial score (nSPS) is 11.8. The number of carboxylic acids is 2. The molecule has 1 aromatic rings. The molecule has 98 valence electrons. The minimum absolute atomic E-state index is 0.143. The number of hydrogen-bond donors (Lipinski definition) is 3. The molecule has 0 saturated carbocycles. The van der Waals surface area contributed by atoms with Gasteiger partial charge in [-0.25, -0.2) is 4.79 Å². The van der Waals surface area contributed by atoms with E-state index in [1.165, 1.54) is 11.3 Å². The minimum Gasteiger partial charge on any atom is -0.481 e. The molecule has 6 nitrogen and oxygen atoms in total. The maximum atomic E-state index is 11.5. The molecule has 0 radical (unpaired) electrons. The molecule has 0 fully saturated rings. The number of thiophene rings is 1. The predicted octanol–water partition coefficient (Wildman–Crippen LogP) is 0.725. The number of aliphatic carboxylic acids is 2. The number of carbonyl (C=O) groups excluding carboxylic acids is 1. The van der Waals surface area contributed by atoms with E-state index in [1.54, 1.807) is 0 Å². The van der Waals surface area contributed by atoms with Gasteiger partial charge in [0.25, 0.3) is 0 Å². The van der Waals surface area contributed by atoms with E-state index in [0.717, 1.165) is 4.88 Å². The van der Waals surface area contributed by atoms with Gasteiger partial charge < -0.3 is 15.5 Å². The fourth-order valence-corrected chi connectivity index (χ4v) is 2.04. The topological polar surface area (TPSA) is 104 Å². The third kappa shape index (κ3) is 4.96. The molecule has 1 heterocycles. The maximum Gasteiger partial charge on any atom is 0.326 e. The van der Waals surface area contributed by atoms with Gasteiger partial charge in [-0.3, -0.25) is 9.59 Å². The molecule has 1 amide bonds. The monoisotopic (exact) mass is 271 g/mol. The van der Waals surface area contributed by atoms with Crippen LogP contribution in [0.5, 0.6) is 0 Å². The van der Waals surface area contributed by atoms with Gasteiger partial charge >= 0.3 is 11.9 Å². The van der Waals surface area contributed by atoms with Crippen molar-refractivity contribution in [1.82, 2.24) is 5.32 Å². The highest BCUT2D eigenvalue weighted by Crippen LogP contribution is 2.10. The van der Waals surface area contributed by atoms with Crippen LogP contribution >= 0.6 is 11.3 Å². The fourth-order valence-electron chi connectivity index (χ4n) is 1.33. The second kappa shape index (κ2) is 6.75. The molecule has 1 aromatic heterocycles. The summed E-state index contributed by atoms with van der Waals surface area (Å²) in [6.07, 6.45) is 0.0346. The maximum absolute atomic E-state index is 11.5. The lowest BCUT2D eigenvalue weighted by molar-refractivity contribution is -0.147. The first kappa shape index (κ1) is 14.2.